The van der Waals surface area contributed by atoms with Crippen molar-refractivity contribution in [2.75, 3.05) is 6.54 Å². The Kier molecular flexibility index (Phi) is 3.79. The van der Waals surface area contributed by atoms with Crippen LogP contribution in [0.1, 0.15) is 16.3 Å². The molecule has 0 spiro atoms. The molecule has 2 heterocycles. The standard InChI is InChI=1S/C15H15BrN4O/c1-20-9-10(16)8-13(20)15(21)17-7-6-14-18-11-4-2-3-5-12(11)19-14/h2-5,8-9H,6-7H2,1H3,(H,17,21)(H,18,19). The van der Waals surface area contributed by atoms with Crippen LogP contribution in [-0.2, 0) is 13.5 Å². The van der Waals surface area contributed by atoms with Crippen LogP contribution in [0.3, 0.4) is 0 Å². The average molecular weight is 347 g/mol. The summed E-state index contributed by atoms with van der Waals surface area (Å²) in [4.78, 5) is 19.8. The Balaban J connectivity index is 1.60. The molecule has 108 valence electrons. The van der Waals surface area contributed by atoms with Crippen molar-refractivity contribution in [2.24, 2.45) is 7.05 Å². The molecule has 6 heteroatoms. The predicted molar refractivity (Wildman–Crippen MR) is 85.2 cm³/mol. The molecule has 0 aliphatic heterocycles. The molecule has 0 saturated heterocycles. The van der Waals surface area contributed by atoms with Crippen molar-refractivity contribution in [3.63, 3.8) is 0 Å². The second kappa shape index (κ2) is 5.73. The highest BCUT2D eigenvalue weighted by molar-refractivity contribution is 9.10. The third-order valence-corrected chi connectivity index (χ3v) is 3.72. The fourth-order valence-electron chi connectivity index (χ4n) is 2.26. The van der Waals surface area contributed by atoms with Crippen molar-refractivity contribution in [1.82, 2.24) is 19.9 Å². The number of H-pyrrole nitrogens is 1. The molecule has 1 aromatic carbocycles. The molecule has 0 aliphatic rings. The molecule has 0 unspecified atom stereocenters. The van der Waals surface area contributed by atoms with Gasteiger partial charge in [0.15, 0.2) is 0 Å². The van der Waals surface area contributed by atoms with Crippen molar-refractivity contribution in [3.05, 3.63) is 52.5 Å². The zero-order valence-electron chi connectivity index (χ0n) is 11.6. The number of nitrogens with one attached hydrogen (secondary N) is 2. The van der Waals surface area contributed by atoms with Crippen LogP contribution < -0.4 is 5.32 Å². The van der Waals surface area contributed by atoms with Crippen LogP contribution in [-0.4, -0.2) is 27.0 Å². The van der Waals surface area contributed by atoms with E-state index in [2.05, 4.69) is 31.2 Å². The van der Waals surface area contributed by atoms with Gasteiger partial charge in [-0.05, 0) is 34.1 Å². The first kappa shape index (κ1) is 13.9. The van der Waals surface area contributed by atoms with Crippen LogP contribution in [0.15, 0.2) is 41.0 Å². The lowest BCUT2D eigenvalue weighted by Gasteiger charge is -2.04. The summed E-state index contributed by atoms with van der Waals surface area (Å²) in [6.07, 6.45) is 2.53. The van der Waals surface area contributed by atoms with E-state index in [1.54, 1.807) is 10.6 Å². The number of aromatic amines is 1. The number of amides is 1. The predicted octanol–water partition coefficient (Wildman–Crippen LogP) is 2.64. The van der Waals surface area contributed by atoms with E-state index < -0.39 is 0 Å². The number of carbonyl (C=O) groups is 1. The first-order valence-electron chi connectivity index (χ1n) is 6.67. The van der Waals surface area contributed by atoms with Crippen LogP contribution in [0, 0.1) is 0 Å². The summed E-state index contributed by atoms with van der Waals surface area (Å²) in [6.45, 7) is 0.543. The maximum Gasteiger partial charge on any atom is 0.267 e. The second-order valence-corrected chi connectivity index (χ2v) is 5.78. The molecule has 0 bridgehead atoms. The highest BCUT2D eigenvalue weighted by Crippen LogP contribution is 2.13. The number of imidazole rings is 1. The molecule has 1 amide bonds. The molecule has 2 N–H and O–H groups in total. The zero-order valence-corrected chi connectivity index (χ0v) is 13.1. The molecule has 0 radical (unpaired) electrons. The lowest BCUT2D eigenvalue weighted by atomic mass is 10.3. The first-order valence-corrected chi connectivity index (χ1v) is 7.46. The normalized spacial score (nSPS) is 11.0. The highest BCUT2D eigenvalue weighted by Gasteiger charge is 2.10. The van der Waals surface area contributed by atoms with Gasteiger partial charge in [0.2, 0.25) is 0 Å². The molecule has 5 nitrogen and oxygen atoms in total. The quantitative estimate of drug-likeness (QED) is 0.762. The number of para-hydroxylation sites is 2. The number of aryl methyl sites for hydroxylation is 1. The Hall–Kier alpha value is -2.08. The molecule has 0 fully saturated rings. The van der Waals surface area contributed by atoms with E-state index in [9.17, 15) is 4.79 Å². The number of hydrogen-bond acceptors (Lipinski definition) is 2. The van der Waals surface area contributed by atoms with Gasteiger partial charge < -0.3 is 14.9 Å². The Morgan fingerprint density at radius 3 is 2.95 bits per heavy atom. The molecule has 2 aromatic heterocycles. The van der Waals surface area contributed by atoms with Crippen molar-refractivity contribution in [2.45, 2.75) is 6.42 Å². The lowest BCUT2D eigenvalue weighted by molar-refractivity contribution is 0.0946. The monoisotopic (exact) mass is 346 g/mol. The summed E-state index contributed by atoms with van der Waals surface area (Å²) >= 11 is 3.36. The summed E-state index contributed by atoms with van der Waals surface area (Å²) in [7, 11) is 1.85. The van der Waals surface area contributed by atoms with Gasteiger partial charge in [-0.15, -0.1) is 0 Å². The van der Waals surface area contributed by atoms with Gasteiger partial charge in [0, 0.05) is 30.7 Å². The van der Waals surface area contributed by atoms with Crippen LogP contribution in [0.5, 0.6) is 0 Å². The summed E-state index contributed by atoms with van der Waals surface area (Å²) in [5.74, 6) is 0.795. The minimum Gasteiger partial charge on any atom is -0.350 e. The van der Waals surface area contributed by atoms with E-state index in [1.165, 1.54) is 0 Å². The number of nitrogens with zero attached hydrogens (tertiary/aromatic N) is 2. The van der Waals surface area contributed by atoms with E-state index in [-0.39, 0.29) is 5.91 Å². The molecular weight excluding hydrogens is 332 g/mol. The third kappa shape index (κ3) is 3.00. The summed E-state index contributed by atoms with van der Waals surface area (Å²) in [5.41, 5.74) is 2.60. The van der Waals surface area contributed by atoms with E-state index >= 15 is 0 Å². The first-order chi connectivity index (χ1) is 10.1. The highest BCUT2D eigenvalue weighted by atomic mass is 79.9. The molecule has 0 atom stereocenters. The van der Waals surface area contributed by atoms with Gasteiger partial charge in [0.05, 0.1) is 11.0 Å². The van der Waals surface area contributed by atoms with E-state index in [0.29, 0.717) is 18.7 Å². The number of hydrogen-bond donors (Lipinski definition) is 2. The maximum atomic E-state index is 12.1. The van der Waals surface area contributed by atoms with Gasteiger partial charge in [-0.3, -0.25) is 4.79 Å². The lowest BCUT2D eigenvalue weighted by Crippen LogP contribution is -2.27. The van der Waals surface area contributed by atoms with Crippen molar-refractivity contribution < 1.29 is 4.79 Å². The SMILES string of the molecule is Cn1cc(Br)cc1C(=O)NCCc1nc2ccccc2[nH]1. The molecule has 3 aromatic rings. The fourth-order valence-corrected chi connectivity index (χ4v) is 2.78. The molecule has 3 rings (SSSR count). The Labute approximate surface area is 130 Å². The van der Waals surface area contributed by atoms with Crippen molar-refractivity contribution >= 4 is 32.9 Å². The number of halogens is 1. The summed E-state index contributed by atoms with van der Waals surface area (Å²) < 4.78 is 2.69. The van der Waals surface area contributed by atoms with Gasteiger partial charge in [-0.1, -0.05) is 12.1 Å². The van der Waals surface area contributed by atoms with Crippen molar-refractivity contribution in [3.8, 4) is 0 Å². The molecular formula is C15H15BrN4O. The van der Waals surface area contributed by atoms with E-state index in [1.807, 2.05) is 37.5 Å². The van der Waals surface area contributed by atoms with Crippen LogP contribution in [0.4, 0.5) is 0 Å². The number of benzene rings is 1. The molecule has 0 saturated carbocycles. The Morgan fingerprint density at radius 2 is 2.24 bits per heavy atom. The van der Waals surface area contributed by atoms with Crippen LogP contribution in [0.2, 0.25) is 0 Å². The maximum absolute atomic E-state index is 12.1. The van der Waals surface area contributed by atoms with Crippen molar-refractivity contribution in [1.29, 1.82) is 0 Å². The minimum atomic E-state index is -0.0840. The average Bonchev–Trinajstić information content (AvgIpc) is 3.01. The molecule has 21 heavy (non-hydrogen) atoms. The van der Waals surface area contributed by atoms with Gasteiger partial charge in [0.1, 0.15) is 11.5 Å². The van der Waals surface area contributed by atoms with Gasteiger partial charge in [-0.25, -0.2) is 4.98 Å². The minimum absolute atomic E-state index is 0.0840. The topological polar surface area (TPSA) is 62.7 Å². The van der Waals surface area contributed by atoms with E-state index in [4.69, 9.17) is 0 Å². The van der Waals surface area contributed by atoms with Gasteiger partial charge in [-0.2, -0.15) is 0 Å². The Morgan fingerprint density at radius 1 is 1.43 bits per heavy atom. The Bertz CT molecular complexity index is 757. The van der Waals surface area contributed by atoms with Crippen LogP contribution in [0.25, 0.3) is 11.0 Å². The molecule has 0 aliphatic carbocycles. The number of carbonyl (C=O) groups excluding carboxylic acids is 1. The number of rotatable bonds is 4. The second-order valence-electron chi connectivity index (χ2n) is 4.86. The van der Waals surface area contributed by atoms with Crippen LogP contribution >= 0.6 is 15.9 Å². The van der Waals surface area contributed by atoms with Gasteiger partial charge in [0.25, 0.3) is 5.91 Å². The van der Waals surface area contributed by atoms with E-state index in [0.717, 1.165) is 21.3 Å². The largest absolute Gasteiger partial charge is 0.350 e. The third-order valence-electron chi connectivity index (χ3n) is 3.29. The van der Waals surface area contributed by atoms with Gasteiger partial charge >= 0.3 is 0 Å². The summed E-state index contributed by atoms with van der Waals surface area (Å²) in [6, 6.07) is 9.69. The summed E-state index contributed by atoms with van der Waals surface area (Å²) in [5, 5.41) is 2.91. The smallest absolute Gasteiger partial charge is 0.267 e. The zero-order chi connectivity index (χ0) is 14.8. The number of fused-ring (bicyclic) bond motifs is 1. The number of aromatic nitrogens is 3. The fraction of sp³-hybridized carbons (Fsp3) is 0.200.